The molecule has 4 heterocycles. The Labute approximate surface area is 202 Å². The van der Waals surface area contributed by atoms with Gasteiger partial charge in [-0.3, -0.25) is 4.57 Å². The van der Waals surface area contributed by atoms with Crippen molar-refractivity contribution in [3.63, 3.8) is 0 Å². The van der Waals surface area contributed by atoms with E-state index in [0.717, 1.165) is 75.1 Å². The van der Waals surface area contributed by atoms with Crippen LogP contribution in [0, 0.1) is 0 Å². The molecule has 2 aromatic carbocycles. The third kappa shape index (κ3) is 5.29. The number of anilines is 2. The molecule has 6 rings (SSSR count). The van der Waals surface area contributed by atoms with Crippen LogP contribution in [0.5, 0.6) is 0 Å². The highest BCUT2D eigenvalue weighted by Gasteiger charge is 2.35. The van der Waals surface area contributed by atoms with E-state index < -0.39 is 5.16 Å². The first kappa shape index (κ1) is 22.4. The minimum absolute atomic E-state index is 0.0613. The third-order valence-electron chi connectivity index (χ3n) is 7.03. The smallest absolute Gasteiger partial charge is 0.171 e. The van der Waals surface area contributed by atoms with Crippen molar-refractivity contribution in [1.82, 2.24) is 0 Å². The Balaban J connectivity index is 1.28. The van der Waals surface area contributed by atoms with E-state index in [1.807, 2.05) is 0 Å². The van der Waals surface area contributed by atoms with Crippen molar-refractivity contribution in [3.05, 3.63) is 59.7 Å². The molecular weight excluding hydrogens is 451 g/mol. The van der Waals surface area contributed by atoms with Gasteiger partial charge in [0.05, 0.1) is 56.0 Å². The summed E-state index contributed by atoms with van der Waals surface area (Å²) in [4.78, 5) is 4.68. The van der Waals surface area contributed by atoms with Crippen LogP contribution in [-0.2, 0) is 28.7 Å². The van der Waals surface area contributed by atoms with Crippen LogP contribution in [0.4, 0.5) is 11.4 Å². The summed E-state index contributed by atoms with van der Waals surface area (Å²) in [6.45, 7) is 8.74. The number of epoxide rings is 4. The van der Waals surface area contributed by atoms with Crippen LogP contribution in [0.2, 0.25) is 0 Å². The molecule has 7 nitrogen and oxygen atoms in total. The van der Waals surface area contributed by atoms with Gasteiger partial charge in [0, 0.05) is 37.6 Å². The van der Waals surface area contributed by atoms with E-state index in [0.29, 0.717) is 24.4 Å². The number of ether oxygens (including phenoxy) is 4. The molecule has 4 saturated heterocycles. The average molecular weight is 483 g/mol. The summed E-state index contributed by atoms with van der Waals surface area (Å²) >= 11 is 0. The minimum Gasteiger partial charge on any atom is -0.371 e. The Morgan fingerprint density at radius 1 is 0.735 bits per heavy atom. The van der Waals surface area contributed by atoms with Gasteiger partial charge >= 0.3 is 0 Å². The molecule has 0 saturated carbocycles. The largest absolute Gasteiger partial charge is 0.371 e. The van der Waals surface area contributed by atoms with Gasteiger partial charge in [-0.2, -0.15) is 0 Å². The van der Waals surface area contributed by atoms with Crippen molar-refractivity contribution in [2.45, 2.75) is 36.5 Å². The van der Waals surface area contributed by atoms with Gasteiger partial charge in [-0.05, 0) is 42.3 Å². The lowest BCUT2D eigenvalue weighted by Crippen LogP contribution is -2.32. The summed E-state index contributed by atoms with van der Waals surface area (Å²) in [6, 6.07) is 16.9. The summed E-state index contributed by atoms with van der Waals surface area (Å²) in [6.07, 6.45) is 1.17. The molecule has 4 unspecified atom stereocenters. The topological polar surface area (TPSA) is 73.7 Å². The molecule has 2 aromatic rings. The second kappa shape index (κ2) is 9.21. The van der Waals surface area contributed by atoms with E-state index in [1.165, 1.54) is 0 Å². The van der Waals surface area contributed by atoms with Gasteiger partial charge in [-0.1, -0.05) is 24.3 Å². The van der Waals surface area contributed by atoms with Crippen LogP contribution < -0.4 is 9.80 Å². The molecule has 0 aliphatic carbocycles. The average Bonchev–Trinajstić information content (AvgIpc) is 3.70. The van der Waals surface area contributed by atoms with Crippen molar-refractivity contribution in [2.24, 2.45) is 0 Å². The molecule has 0 bridgehead atoms. The van der Waals surface area contributed by atoms with Crippen LogP contribution in [0.15, 0.2) is 48.5 Å². The lowest BCUT2D eigenvalue weighted by Gasteiger charge is -2.29. The van der Waals surface area contributed by atoms with Crippen LogP contribution >= 0.6 is 8.46 Å². The van der Waals surface area contributed by atoms with Gasteiger partial charge in [0.15, 0.2) is 8.46 Å². The Kier molecular flexibility index (Phi) is 6.08. The number of nitrogens with zero attached hydrogens (tertiary/aromatic N) is 2. The predicted octanol–water partition coefficient (Wildman–Crippen LogP) is 3.45. The van der Waals surface area contributed by atoms with E-state index >= 15 is 0 Å². The van der Waals surface area contributed by atoms with Crippen LogP contribution in [0.3, 0.4) is 0 Å². The maximum atomic E-state index is 12.7. The molecule has 0 N–H and O–H groups in total. The van der Waals surface area contributed by atoms with Crippen molar-refractivity contribution < 1.29 is 23.5 Å². The minimum atomic E-state index is -0.665. The standard InChI is InChI=1S/C26H31N2O5P/c1-26(34-29,18-4-2-6-20(8-18)27(10-22-14-30-22)11-23-15-31-23)19-5-3-7-21(9-19)28(12-24-16-32-24)13-25-17-33-25/h2-9,22-25H,10-17H2,1H3. The molecule has 4 aliphatic rings. The lowest BCUT2D eigenvalue weighted by molar-refractivity contribution is 0.388. The Morgan fingerprint density at radius 3 is 1.38 bits per heavy atom. The highest BCUT2D eigenvalue weighted by atomic mass is 31.1. The zero-order valence-corrected chi connectivity index (χ0v) is 20.4. The molecule has 4 fully saturated rings. The number of hydrogen-bond acceptors (Lipinski definition) is 7. The highest BCUT2D eigenvalue weighted by Crippen LogP contribution is 2.44. The predicted molar refractivity (Wildman–Crippen MR) is 130 cm³/mol. The van der Waals surface area contributed by atoms with Gasteiger partial charge in [-0.15, -0.1) is 0 Å². The van der Waals surface area contributed by atoms with E-state index in [9.17, 15) is 4.57 Å². The molecule has 34 heavy (non-hydrogen) atoms. The summed E-state index contributed by atoms with van der Waals surface area (Å²) in [7, 11) is 0.0613. The number of hydrogen-bond donors (Lipinski definition) is 0. The first-order valence-corrected chi connectivity index (χ1v) is 12.9. The maximum absolute atomic E-state index is 12.7. The Bertz CT molecular complexity index is 932. The fraction of sp³-hybridized carbons (Fsp3) is 0.538. The molecule has 180 valence electrons. The first-order chi connectivity index (χ1) is 16.6. The van der Waals surface area contributed by atoms with Crippen molar-refractivity contribution in [3.8, 4) is 0 Å². The first-order valence-electron chi connectivity index (χ1n) is 12.1. The third-order valence-corrected chi connectivity index (χ3v) is 7.92. The van der Waals surface area contributed by atoms with Crippen LogP contribution in [0.1, 0.15) is 18.1 Å². The van der Waals surface area contributed by atoms with Gasteiger partial charge in [0.2, 0.25) is 0 Å². The molecule has 4 aliphatic heterocycles. The monoisotopic (exact) mass is 482 g/mol. The van der Waals surface area contributed by atoms with E-state index in [1.54, 1.807) is 0 Å². The molecular formula is C26H31N2O5P. The SMILES string of the molecule is CC(P=O)(c1cccc(N(CC2CO2)CC2CO2)c1)c1cccc(N(CC2CO2)CC2CO2)c1. The van der Waals surface area contributed by atoms with Crippen molar-refractivity contribution in [1.29, 1.82) is 0 Å². The Hall–Kier alpha value is -2.02. The number of benzene rings is 2. The van der Waals surface area contributed by atoms with E-state index in [-0.39, 0.29) is 8.46 Å². The van der Waals surface area contributed by atoms with Crippen LogP contribution in [-0.4, -0.2) is 77.0 Å². The lowest BCUT2D eigenvalue weighted by atomic mass is 9.91. The second-order valence-electron chi connectivity index (χ2n) is 9.90. The molecule has 0 spiro atoms. The summed E-state index contributed by atoms with van der Waals surface area (Å²) in [5.74, 6) is 0. The molecule has 8 heteroatoms. The normalized spacial score (nSPS) is 28.3. The fourth-order valence-corrected chi connectivity index (χ4v) is 5.02. The molecule has 0 aromatic heterocycles. The summed E-state index contributed by atoms with van der Waals surface area (Å²) in [5, 5.41) is -0.665. The van der Waals surface area contributed by atoms with Crippen LogP contribution in [0.25, 0.3) is 0 Å². The van der Waals surface area contributed by atoms with E-state index in [4.69, 9.17) is 18.9 Å². The molecule has 0 amide bonds. The highest BCUT2D eigenvalue weighted by molar-refractivity contribution is 7.25. The van der Waals surface area contributed by atoms with Gasteiger partial charge in [0.25, 0.3) is 0 Å². The summed E-state index contributed by atoms with van der Waals surface area (Å²) < 4.78 is 34.7. The zero-order chi connectivity index (χ0) is 23.1. The quantitative estimate of drug-likeness (QED) is 0.320. The maximum Gasteiger partial charge on any atom is 0.171 e. The second-order valence-corrected chi connectivity index (χ2v) is 11.0. The van der Waals surface area contributed by atoms with Gasteiger partial charge in [0.1, 0.15) is 0 Å². The van der Waals surface area contributed by atoms with Crippen molar-refractivity contribution in [2.75, 3.05) is 62.4 Å². The number of rotatable bonds is 13. The van der Waals surface area contributed by atoms with Gasteiger partial charge in [-0.25, -0.2) is 0 Å². The molecule has 0 radical (unpaired) electrons. The van der Waals surface area contributed by atoms with Gasteiger partial charge < -0.3 is 28.7 Å². The Morgan fingerprint density at radius 2 is 1.09 bits per heavy atom. The molecule has 4 atom stereocenters. The fourth-order valence-electron chi connectivity index (χ4n) is 4.53. The van der Waals surface area contributed by atoms with Crippen molar-refractivity contribution >= 4 is 19.8 Å². The zero-order valence-electron chi connectivity index (χ0n) is 19.5. The van der Waals surface area contributed by atoms with E-state index in [2.05, 4.69) is 65.3 Å². The summed E-state index contributed by atoms with van der Waals surface area (Å²) in [5.41, 5.74) is 4.29.